The Labute approximate surface area is 140 Å². The van der Waals surface area contributed by atoms with Crippen LogP contribution in [-0.2, 0) is 22.6 Å². The van der Waals surface area contributed by atoms with Crippen LogP contribution in [0.2, 0.25) is 0 Å². The molecule has 0 spiro atoms. The molecule has 2 amide bonds. The van der Waals surface area contributed by atoms with Crippen LogP contribution in [-0.4, -0.2) is 11.8 Å². The summed E-state index contributed by atoms with van der Waals surface area (Å²) in [5.41, 5.74) is 2.77. The lowest BCUT2D eigenvalue weighted by Crippen LogP contribution is -2.25. The van der Waals surface area contributed by atoms with E-state index in [0.717, 1.165) is 5.56 Å². The minimum atomic E-state index is -0.335. The topological polar surface area (TPSA) is 58.2 Å². The summed E-state index contributed by atoms with van der Waals surface area (Å²) in [5.74, 6) is -0.868. The molecule has 0 aliphatic carbocycles. The standard InChI is InChI=1S/C19H19FN2O2/c1-3-18(23)22-17-7-5-4-6-15(17)11-19(24)21-12-14-8-13(2)9-16(20)10-14/h3-10H,1,11-12H2,2H3,(H,21,24)(H,22,23). The number of para-hydroxylation sites is 1. The molecule has 0 aliphatic rings. The summed E-state index contributed by atoms with van der Waals surface area (Å²) in [5, 5.41) is 5.43. The normalized spacial score (nSPS) is 10.1. The highest BCUT2D eigenvalue weighted by Crippen LogP contribution is 2.16. The van der Waals surface area contributed by atoms with E-state index >= 15 is 0 Å². The Bertz CT molecular complexity index is 751. The monoisotopic (exact) mass is 326 g/mol. The fourth-order valence-corrected chi connectivity index (χ4v) is 2.33. The molecule has 0 aromatic heterocycles. The minimum absolute atomic E-state index is 0.113. The van der Waals surface area contributed by atoms with Crippen molar-refractivity contribution in [1.29, 1.82) is 0 Å². The quantitative estimate of drug-likeness (QED) is 0.801. The number of halogens is 1. The Kier molecular flexibility index (Phi) is 5.84. The molecule has 0 bridgehead atoms. The number of nitrogens with one attached hydrogen (secondary N) is 2. The molecule has 0 heterocycles. The second-order valence-corrected chi connectivity index (χ2v) is 5.44. The van der Waals surface area contributed by atoms with Gasteiger partial charge in [0.25, 0.3) is 0 Å². The first-order valence-corrected chi connectivity index (χ1v) is 7.52. The van der Waals surface area contributed by atoms with Gasteiger partial charge in [-0.15, -0.1) is 0 Å². The number of carbonyl (C=O) groups excluding carboxylic acids is 2. The summed E-state index contributed by atoms with van der Waals surface area (Å²) >= 11 is 0. The Hall–Kier alpha value is -2.95. The Balaban J connectivity index is 1.99. The number of benzene rings is 2. The first-order chi connectivity index (χ1) is 11.5. The molecule has 0 fully saturated rings. The molecule has 5 heteroatoms. The van der Waals surface area contributed by atoms with Crippen molar-refractivity contribution in [2.45, 2.75) is 19.9 Å². The molecule has 2 aromatic carbocycles. The van der Waals surface area contributed by atoms with Gasteiger partial charge in [-0.1, -0.05) is 30.8 Å². The average Bonchev–Trinajstić information content (AvgIpc) is 2.54. The van der Waals surface area contributed by atoms with Crippen molar-refractivity contribution in [3.05, 3.63) is 77.6 Å². The molecule has 2 rings (SSSR count). The maximum absolute atomic E-state index is 13.3. The van der Waals surface area contributed by atoms with Crippen LogP contribution < -0.4 is 10.6 Å². The van der Waals surface area contributed by atoms with E-state index in [-0.39, 0.29) is 30.6 Å². The Morgan fingerprint density at radius 2 is 1.96 bits per heavy atom. The van der Waals surface area contributed by atoms with Crippen LogP contribution in [0.5, 0.6) is 0 Å². The molecule has 0 radical (unpaired) electrons. The number of anilines is 1. The molecule has 0 aliphatic heterocycles. The molecule has 2 aromatic rings. The summed E-state index contributed by atoms with van der Waals surface area (Å²) in [6.07, 6.45) is 1.28. The molecule has 24 heavy (non-hydrogen) atoms. The largest absolute Gasteiger partial charge is 0.352 e. The Morgan fingerprint density at radius 1 is 1.21 bits per heavy atom. The highest BCUT2D eigenvalue weighted by atomic mass is 19.1. The SMILES string of the molecule is C=CC(=O)Nc1ccccc1CC(=O)NCc1cc(C)cc(F)c1. The summed E-state index contributed by atoms with van der Waals surface area (Å²) in [4.78, 5) is 23.6. The third kappa shape index (κ3) is 5.05. The molecule has 124 valence electrons. The lowest BCUT2D eigenvalue weighted by atomic mass is 10.1. The first kappa shape index (κ1) is 17.4. The van der Waals surface area contributed by atoms with E-state index in [1.165, 1.54) is 18.2 Å². The van der Waals surface area contributed by atoms with Crippen LogP contribution in [0.25, 0.3) is 0 Å². The van der Waals surface area contributed by atoms with E-state index in [0.29, 0.717) is 16.8 Å². The van der Waals surface area contributed by atoms with Gasteiger partial charge in [0, 0.05) is 12.2 Å². The van der Waals surface area contributed by atoms with Crippen LogP contribution in [0.4, 0.5) is 10.1 Å². The van der Waals surface area contributed by atoms with Crippen molar-refractivity contribution < 1.29 is 14.0 Å². The zero-order chi connectivity index (χ0) is 17.5. The smallest absolute Gasteiger partial charge is 0.247 e. The molecular weight excluding hydrogens is 307 g/mol. The number of rotatable bonds is 6. The van der Waals surface area contributed by atoms with Crippen molar-refractivity contribution in [2.75, 3.05) is 5.32 Å². The van der Waals surface area contributed by atoms with Gasteiger partial charge >= 0.3 is 0 Å². The van der Waals surface area contributed by atoms with Crippen LogP contribution in [0, 0.1) is 12.7 Å². The number of hydrogen-bond acceptors (Lipinski definition) is 2. The van der Waals surface area contributed by atoms with Crippen molar-refractivity contribution in [3.8, 4) is 0 Å². The third-order valence-electron chi connectivity index (χ3n) is 3.40. The van der Waals surface area contributed by atoms with Crippen LogP contribution in [0.15, 0.2) is 55.1 Å². The van der Waals surface area contributed by atoms with Crippen LogP contribution >= 0.6 is 0 Å². The predicted octanol–water partition coefficient (Wildman–Crippen LogP) is 3.12. The fraction of sp³-hybridized carbons (Fsp3) is 0.158. The molecule has 0 saturated heterocycles. The predicted molar refractivity (Wildman–Crippen MR) is 92.0 cm³/mol. The van der Waals surface area contributed by atoms with Gasteiger partial charge < -0.3 is 10.6 Å². The van der Waals surface area contributed by atoms with Crippen molar-refractivity contribution in [1.82, 2.24) is 5.32 Å². The third-order valence-corrected chi connectivity index (χ3v) is 3.40. The van der Waals surface area contributed by atoms with Gasteiger partial charge in [-0.2, -0.15) is 0 Å². The molecule has 0 atom stereocenters. The maximum atomic E-state index is 13.3. The van der Waals surface area contributed by atoms with E-state index in [1.54, 1.807) is 31.2 Å². The number of amides is 2. The maximum Gasteiger partial charge on any atom is 0.247 e. The molecule has 2 N–H and O–H groups in total. The number of aryl methyl sites for hydroxylation is 1. The highest BCUT2D eigenvalue weighted by molar-refractivity contribution is 5.99. The molecule has 0 saturated carbocycles. The van der Waals surface area contributed by atoms with E-state index in [1.807, 2.05) is 6.07 Å². The van der Waals surface area contributed by atoms with Gasteiger partial charge in [-0.3, -0.25) is 9.59 Å². The minimum Gasteiger partial charge on any atom is -0.352 e. The highest BCUT2D eigenvalue weighted by Gasteiger charge is 2.09. The van der Waals surface area contributed by atoms with E-state index in [9.17, 15) is 14.0 Å². The zero-order valence-electron chi connectivity index (χ0n) is 13.4. The fourth-order valence-electron chi connectivity index (χ4n) is 2.33. The van der Waals surface area contributed by atoms with E-state index in [2.05, 4.69) is 17.2 Å². The second kappa shape index (κ2) is 8.06. The summed E-state index contributed by atoms with van der Waals surface area (Å²) in [6.45, 7) is 5.45. The second-order valence-electron chi connectivity index (χ2n) is 5.44. The van der Waals surface area contributed by atoms with Gasteiger partial charge in [0.15, 0.2) is 0 Å². The average molecular weight is 326 g/mol. The van der Waals surface area contributed by atoms with E-state index in [4.69, 9.17) is 0 Å². The lowest BCUT2D eigenvalue weighted by molar-refractivity contribution is -0.120. The van der Waals surface area contributed by atoms with Crippen LogP contribution in [0.3, 0.4) is 0 Å². The zero-order valence-corrected chi connectivity index (χ0v) is 13.4. The first-order valence-electron chi connectivity index (χ1n) is 7.52. The van der Waals surface area contributed by atoms with E-state index < -0.39 is 0 Å². The molecule has 4 nitrogen and oxygen atoms in total. The summed E-state index contributed by atoms with van der Waals surface area (Å²) < 4.78 is 13.3. The van der Waals surface area contributed by atoms with Gasteiger partial charge in [-0.05, 0) is 47.9 Å². The number of carbonyl (C=O) groups is 2. The van der Waals surface area contributed by atoms with Gasteiger partial charge in [0.1, 0.15) is 5.82 Å². The van der Waals surface area contributed by atoms with Gasteiger partial charge in [0.2, 0.25) is 11.8 Å². The van der Waals surface area contributed by atoms with Crippen molar-refractivity contribution >= 4 is 17.5 Å². The molecular formula is C19H19FN2O2. The van der Waals surface area contributed by atoms with Crippen LogP contribution in [0.1, 0.15) is 16.7 Å². The summed E-state index contributed by atoms with van der Waals surface area (Å²) in [7, 11) is 0. The summed E-state index contributed by atoms with van der Waals surface area (Å²) in [6, 6.07) is 11.7. The van der Waals surface area contributed by atoms with Gasteiger partial charge in [0.05, 0.1) is 6.42 Å². The van der Waals surface area contributed by atoms with Crippen molar-refractivity contribution in [3.63, 3.8) is 0 Å². The van der Waals surface area contributed by atoms with Crippen molar-refractivity contribution in [2.24, 2.45) is 0 Å². The number of hydrogen-bond donors (Lipinski definition) is 2. The Morgan fingerprint density at radius 3 is 2.67 bits per heavy atom. The van der Waals surface area contributed by atoms with Gasteiger partial charge in [-0.25, -0.2) is 4.39 Å². The lowest BCUT2D eigenvalue weighted by Gasteiger charge is -2.11. The molecule has 0 unspecified atom stereocenters.